The Morgan fingerprint density at radius 3 is 2.80 bits per heavy atom. The van der Waals surface area contributed by atoms with Crippen LogP contribution in [0, 0.1) is 0 Å². The number of carbonyl (C=O) groups excluding carboxylic acids is 1. The highest BCUT2D eigenvalue weighted by molar-refractivity contribution is 6.30. The molecule has 0 fully saturated rings. The van der Waals surface area contributed by atoms with Crippen molar-refractivity contribution in [3.8, 4) is 0 Å². The lowest BCUT2D eigenvalue weighted by Crippen LogP contribution is -2.29. The summed E-state index contributed by atoms with van der Waals surface area (Å²) < 4.78 is 5.20. The minimum atomic E-state index is -0.110. The van der Waals surface area contributed by atoms with Gasteiger partial charge in [-0.3, -0.25) is 4.79 Å². The van der Waals surface area contributed by atoms with Crippen LogP contribution in [-0.2, 0) is 6.54 Å². The van der Waals surface area contributed by atoms with Crippen LogP contribution in [0.4, 0.5) is 0 Å². The van der Waals surface area contributed by atoms with Crippen molar-refractivity contribution in [1.29, 1.82) is 0 Å². The third-order valence-electron chi connectivity index (χ3n) is 3.33. The topological polar surface area (TPSA) is 59.5 Å². The molecular formula is C15H17ClN2O2. The van der Waals surface area contributed by atoms with E-state index < -0.39 is 0 Å². The summed E-state index contributed by atoms with van der Waals surface area (Å²) in [5.41, 5.74) is 6.96. The molecule has 0 aliphatic heterocycles. The van der Waals surface area contributed by atoms with Crippen LogP contribution in [0.3, 0.4) is 0 Å². The number of nitrogens with two attached hydrogens (primary N) is 1. The first-order valence-electron chi connectivity index (χ1n) is 6.33. The summed E-state index contributed by atoms with van der Waals surface area (Å²) in [6.07, 6.45) is 1.44. The summed E-state index contributed by atoms with van der Waals surface area (Å²) >= 11 is 5.98. The number of hydrogen-bond acceptors (Lipinski definition) is 3. The number of hydrogen-bond donors (Lipinski definition) is 1. The number of benzene rings is 1. The molecule has 5 heteroatoms. The Balaban J connectivity index is 2.17. The Morgan fingerprint density at radius 1 is 1.45 bits per heavy atom. The van der Waals surface area contributed by atoms with Crippen LogP contribution >= 0.6 is 11.6 Å². The minimum Gasteiger partial charge on any atom is -0.467 e. The second-order valence-electron chi connectivity index (χ2n) is 4.65. The van der Waals surface area contributed by atoms with E-state index in [4.69, 9.17) is 21.8 Å². The third kappa shape index (κ3) is 3.03. The highest BCUT2D eigenvalue weighted by Crippen LogP contribution is 2.23. The van der Waals surface area contributed by atoms with Crippen LogP contribution < -0.4 is 5.73 Å². The first kappa shape index (κ1) is 14.6. The molecule has 2 aromatic rings. The largest absolute Gasteiger partial charge is 0.467 e. The molecule has 2 rings (SSSR count). The van der Waals surface area contributed by atoms with Gasteiger partial charge < -0.3 is 15.1 Å². The fraction of sp³-hybridized carbons (Fsp3) is 0.267. The normalized spacial score (nSPS) is 12.2. The molecule has 0 spiro atoms. The maximum absolute atomic E-state index is 12.4. The lowest BCUT2D eigenvalue weighted by atomic mass is 10.1. The average molecular weight is 293 g/mol. The highest BCUT2D eigenvalue weighted by Gasteiger charge is 2.20. The van der Waals surface area contributed by atoms with Crippen molar-refractivity contribution in [2.45, 2.75) is 19.5 Å². The first-order chi connectivity index (χ1) is 9.52. The molecule has 0 aliphatic carbocycles. The second kappa shape index (κ2) is 6.11. The molecule has 1 aromatic heterocycles. The van der Waals surface area contributed by atoms with Crippen molar-refractivity contribution in [2.24, 2.45) is 5.73 Å². The molecule has 0 saturated carbocycles. The summed E-state index contributed by atoms with van der Waals surface area (Å²) in [6, 6.07) is 9.07. The number of rotatable bonds is 4. The predicted molar refractivity (Wildman–Crippen MR) is 78.6 cm³/mol. The maximum Gasteiger partial charge on any atom is 0.257 e. The van der Waals surface area contributed by atoms with Gasteiger partial charge in [-0.25, -0.2) is 0 Å². The van der Waals surface area contributed by atoms with Gasteiger partial charge in [-0.2, -0.15) is 0 Å². The summed E-state index contributed by atoms with van der Waals surface area (Å²) in [5, 5.41) is 0.656. The predicted octanol–water partition coefficient (Wildman–Crippen LogP) is 3.22. The van der Waals surface area contributed by atoms with E-state index in [0.29, 0.717) is 16.3 Å². The number of carbonyl (C=O) groups is 1. The molecule has 0 radical (unpaired) electrons. The number of amides is 1. The Morgan fingerprint density at radius 2 is 2.20 bits per heavy atom. The van der Waals surface area contributed by atoms with Gasteiger partial charge in [0.1, 0.15) is 12.0 Å². The van der Waals surface area contributed by atoms with E-state index in [1.165, 1.54) is 6.26 Å². The molecule has 0 saturated heterocycles. The van der Waals surface area contributed by atoms with Crippen LogP contribution in [-0.4, -0.2) is 17.9 Å². The molecule has 20 heavy (non-hydrogen) atoms. The van der Waals surface area contributed by atoms with Crippen LogP contribution in [0.5, 0.6) is 0 Å². The number of furan rings is 1. The Hall–Kier alpha value is -1.78. The van der Waals surface area contributed by atoms with Crippen molar-refractivity contribution < 1.29 is 9.21 Å². The molecule has 1 unspecified atom stereocenters. The van der Waals surface area contributed by atoms with E-state index in [1.807, 2.05) is 31.2 Å². The van der Waals surface area contributed by atoms with E-state index in [1.54, 1.807) is 18.0 Å². The lowest BCUT2D eigenvalue weighted by Gasteiger charge is -2.25. The van der Waals surface area contributed by atoms with Gasteiger partial charge in [0.2, 0.25) is 0 Å². The molecule has 0 bridgehead atoms. The molecule has 2 N–H and O–H groups in total. The zero-order valence-corrected chi connectivity index (χ0v) is 12.2. The second-order valence-corrected chi connectivity index (χ2v) is 5.09. The third-order valence-corrected chi connectivity index (χ3v) is 3.57. The standard InChI is InChI=1S/C15H17ClN2O2/c1-10(11-4-3-5-13(16)6-11)18(2)15(19)12-7-14(8-17)20-9-12/h3-7,9-10H,8,17H2,1-2H3. The van der Waals surface area contributed by atoms with Crippen molar-refractivity contribution in [2.75, 3.05) is 7.05 Å². The van der Waals surface area contributed by atoms with Crippen LogP contribution in [0.15, 0.2) is 41.0 Å². The summed E-state index contributed by atoms with van der Waals surface area (Å²) in [7, 11) is 1.75. The molecule has 1 atom stereocenters. The van der Waals surface area contributed by atoms with Crippen molar-refractivity contribution in [3.63, 3.8) is 0 Å². The lowest BCUT2D eigenvalue weighted by molar-refractivity contribution is 0.0742. The first-order valence-corrected chi connectivity index (χ1v) is 6.71. The summed E-state index contributed by atoms with van der Waals surface area (Å²) in [6.45, 7) is 2.23. The van der Waals surface area contributed by atoms with Gasteiger partial charge in [0.25, 0.3) is 5.91 Å². The van der Waals surface area contributed by atoms with E-state index >= 15 is 0 Å². The number of halogens is 1. The Bertz CT molecular complexity index is 609. The van der Waals surface area contributed by atoms with E-state index in [2.05, 4.69) is 0 Å². The van der Waals surface area contributed by atoms with Crippen molar-refractivity contribution in [3.05, 3.63) is 58.5 Å². The van der Waals surface area contributed by atoms with Crippen molar-refractivity contribution >= 4 is 17.5 Å². The zero-order valence-electron chi connectivity index (χ0n) is 11.5. The van der Waals surface area contributed by atoms with Gasteiger partial charge >= 0.3 is 0 Å². The molecule has 0 aliphatic rings. The minimum absolute atomic E-state index is 0.0857. The Labute approximate surface area is 123 Å². The molecule has 1 amide bonds. The van der Waals surface area contributed by atoms with E-state index in [0.717, 1.165) is 5.56 Å². The molecule has 1 aromatic carbocycles. The van der Waals surface area contributed by atoms with Crippen LogP contribution in [0.1, 0.15) is 34.6 Å². The molecule has 106 valence electrons. The Kier molecular flexibility index (Phi) is 4.47. The summed E-state index contributed by atoms with van der Waals surface area (Å²) in [5.74, 6) is 0.484. The summed E-state index contributed by atoms with van der Waals surface area (Å²) in [4.78, 5) is 14.0. The smallest absolute Gasteiger partial charge is 0.257 e. The fourth-order valence-electron chi connectivity index (χ4n) is 1.97. The van der Waals surface area contributed by atoms with Crippen molar-refractivity contribution in [1.82, 2.24) is 4.90 Å². The maximum atomic E-state index is 12.4. The zero-order chi connectivity index (χ0) is 14.7. The van der Waals surface area contributed by atoms with Gasteiger partial charge in [-0.15, -0.1) is 0 Å². The van der Waals surface area contributed by atoms with Gasteiger partial charge in [-0.05, 0) is 30.7 Å². The van der Waals surface area contributed by atoms with Crippen LogP contribution in [0.25, 0.3) is 0 Å². The molecule has 4 nitrogen and oxygen atoms in total. The quantitative estimate of drug-likeness (QED) is 0.941. The molecule has 1 heterocycles. The van der Waals surface area contributed by atoms with Crippen LogP contribution in [0.2, 0.25) is 5.02 Å². The van der Waals surface area contributed by atoms with Gasteiger partial charge in [0.15, 0.2) is 0 Å². The monoisotopic (exact) mass is 292 g/mol. The highest BCUT2D eigenvalue weighted by atomic mass is 35.5. The van der Waals surface area contributed by atoms with E-state index in [9.17, 15) is 4.79 Å². The van der Waals surface area contributed by atoms with Gasteiger partial charge in [0.05, 0.1) is 18.2 Å². The SMILES string of the molecule is CC(c1cccc(Cl)c1)N(C)C(=O)c1coc(CN)c1. The molecular weight excluding hydrogens is 276 g/mol. The van der Waals surface area contributed by atoms with Gasteiger partial charge in [0, 0.05) is 12.1 Å². The number of nitrogens with zero attached hydrogens (tertiary/aromatic N) is 1. The fourth-order valence-corrected chi connectivity index (χ4v) is 2.17. The average Bonchev–Trinajstić information content (AvgIpc) is 2.93. The van der Waals surface area contributed by atoms with E-state index in [-0.39, 0.29) is 18.5 Å². The van der Waals surface area contributed by atoms with Gasteiger partial charge in [-0.1, -0.05) is 23.7 Å².